The Labute approximate surface area is 156 Å². The van der Waals surface area contributed by atoms with E-state index in [9.17, 15) is 13.0 Å². The monoisotopic (exact) mass is 378 g/mol. The fraction of sp³-hybridized carbons (Fsp3) is 1.00. The molecule has 2 N–H and O–H groups in total. The maximum Gasteiger partial charge on any atom is 0.267 e. The Balaban J connectivity index is 3.66. The molecule has 152 valence electrons. The molecular weight excluding hydrogens is 336 g/mol. The second-order valence-corrected chi connectivity index (χ2v) is 9.08. The van der Waals surface area contributed by atoms with Crippen molar-refractivity contribution in [3.05, 3.63) is 0 Å². The van der Waals surface area contributed by atoms with Gasteiger partial charge in [0.15, 0.2) is 0 Å². The number of rotatable bonds is 19. The summed E-state index contributed by atoms with van der Waals surface area (Å²) in [4.78, 5) is 0. The Bertz CT molecular complexity index is 368. The van der Waals surface area contributed by atoms with Gasteiger partial charge in [-0.05, 0) is 19.3 Å². The zero-order valence-electron chi connectivity index (χ0n) is 16.4. The van der Waals surface area contributed by atoms with Crippen LogP contribution in [0.2, 0.25) is 0 Å². The minimum Gasteiger partial charge on any atom is -0.396 e. The number of aliphatic hydroxyl groups excluding tert-OH is 1. The molecule has 0 aromatic carbocycles. The Morgan fingerprint density at radius 1 is 0.640 bits per heavy atom. The van der Waals surface area contributed by atoms with Crippen LogP contribution in [0.3, 0.4) is 0 Å². The lowest BCUT2D eigenvalue weighted by atomic mass is 10.0. The number of hydrogen-bond acceptors (Lipinski definition) is 3. The van der Waals surface area contributed by atoms with Crippen LogP contribution in [-0.4, -0.2) is 29.9 Å². The highest BCUT2D eigenvalue weighted by molar-refractivity contribution is 7.86. The van der Waals surface area contributed by atoms with Crippen molar-refractivity contribution in [1.29, 1.82) is 0 Å². The van der Waals surface area contributed by atoms with Gasteiger partial charge in [0.2, 0.25) is 0 Å². The van der Waals surface area contributed by atoms with Crippen molar-refractivity contribution in [3.63, 3.8) is 0 Å². The Hall–Kier alpha value is -0.130. The fourth-order valence-electron chi connectivity index (χ4n) is 3.32. The van der Waals surface area contributed by atoms with Crippen molar-refractivity contribution in [2.45, 2.75) is 121 Å². The summed E-state index contributed by atoms with van der Waals surface area (Å²) in [5, 5.41) is 8.14. The van der Waals surface area contributed by atoms with E-state index in [0.717, 1.165) is 44.9 Å². The molecule has 0 aliphatic rings. The summed E-state index contributed by atoms with van der Waals surface area (Å²) >= 11 is 0. The van der Waals surface area contributed by atoms with Crippen molar-refractivity contribution in [2.24, 2.45) is 0 Å². The van der Waals surface area contributed by atoms with Crippen molar-refractivity contribution >= 4 is 10.1 Å². The quantitative estimate of drug-likeness (QED) is 0.217. The Kier molecular flexibility index (Phi) is 17.2. The molecule has 5 heteroatoms. The minimum absolute atomic E-state index is 0.229. The summed E-state index contributed by atoms with van der Waals surface area (Å²) in [5.41, 5.74) is 0. The van der Waals surface area contributed by atoms with Gasteiger partial charge in [-0.15, -0.1) is 0 Å². The predicted molar refractivity (Wildman–Crippen MR) is 107 cm³/mol. The summed E-state index contributed by atoms with van der Waals surface area (Å²) in [6.07, 6.45) is 18.1. The normalized spacial score (nSPS) is 13.2. The second-order valence-electron chi connectivity index (χ2n) is 7.39. The number of aliphatic hydroxyl groups is 1. The van der Waals surface area contributed by atoms with Crippen molar-refractivity contribution < 1.29 is 18.1 Å². The molecule has 0 saturated carbocycles. The molecule has 1 unspecified atom stereocenters. The molecule has 0 heterocycles. The molecule has 0 aromatic heterocycles. The Morgan fingerprint density at radius 2 is 1.00 bits per heavy atom. The van der Waals surface area contributed by atoms with Gasteiger partial charge < -0.3 is 5.11 Å². The SMILES string of the molecule is CCCCCCCCCCCCC(CCCCCCCO)S(=O)(=O)O. The van der Waals surface area contributed by atoms with Gasteiger partial charge in [-0.3, -0.25) is 4.55 Å². The molecule has 0 aliphatic carbocycles. The van der Waals surface area contributed by atoms with Crippen LogP contribution in [0.15, 0.2) is 0 Å². The van der Waals surface area contributed by atoms with E-state index in [4.69, 9.17) is 5.11 Å². The van der Waals surface area contributed by atoms with Crippen LogP contribution in [0.5, 0.6) is 0 Å². The van der Waals surface area contributed by atoms with Crippen LogP contribution < -0.4 is 0 Å². The van der Waals surface area contributed by atoms with E-state index in [1.807, 2.05) is 0 Å². The van der Waals surface area contributed by atoms with Crippen LogP contribution in [-0.2, 0) is 10.1 Å². The third kappa shape index (κ3) is 17.1. The highest BCUT2D eigenvalue weighted by Gasteiger charge is 2.21. The first-order chi connectivity index (χ1) is 12.0. The van der Waals surface area contributed by atoms with E-state index in [2.05, 4.69) is 6.92 Å². The lowest BCUT2D eigenvalue weighted by Crippen LogP contribution is -2.20. The van der Waals surface area contributed by atoms with Gasteiger partial charge in [0.05, 0.1) is 5.25 Å². The first-order valence-corrected chi connectivity index (χ1v) is 12.1. The summed E-state index contributed by atoms with van der Waals surface area (Å²) in [7, 11) is -3.91. The molecule has 0 fully saturated rings. The first-order valence-electron chi connectivity index (χ1n) is 10.6. The molecular formula is C20H42O4S. The molecule has 0 radical (unpaired) electrons. The van der Waals surface area contributed by atoms with Gasteiger partial charge in [-0.25, -0.2) is 0 Å². The third-order valence-corrected chi connectivity index (χ3v) is 6.30. The van der Waals surface area contributed by atoms with Gasteiger partial charge in [0.1, 0.15) is 0 Å². The molecule has 1 atom stereocenters. The van der Waals surface area contributed by atoms with E-state index in [0.29, 0.717) is 12.8 Å². The highest BCUT2D eigenvalue weighted by atomic mass is 32.2. The summed E-state index contributed by atoms with van der Waals surface area (Å²) in [5.74, 6) is 0. The fourth-order valence-corrected chi connectivity index (χ4v) is 4.24. The van der Waals surface area contributed by atoms with E-state index in [1.165, 1.54) is 51.4 Å². The molecule has 0 bridgehead atoms. The molecule has 0 spiro atoms. The minimum atomic E-state index is -3.91. The Morgan fingerprint density at radius 3 is 1.36 bits per heavy atom. The molecule has 0 saturated heterocycles. The average Bonchev–Trinajstić information content (AvgIpc) is 2.56. The smallest absolute Gasteiger partial charge is 0.267 e. The highest BCUT2D eigenvalue weighted by Crippen LogP contribution is 2.19. The first kappa shape index (κ1) is 24.9. The van der Waals surface area contributed by atoms with Crippen molar-refractivity contribution in [2.75, 3.05) is 6.61 Å². The van der Waals surface area contributed by atoms with E-state index in [-0.39, 0.29) is 6.61 Å². The maximum atomic E-state index is 11.5. The number of hydrogen-bond donors (Lipinski definition) is 2. The standard InChI is InChI=1S/C20H42O4S/c1-2-3-4-5-6-7-8-9-11-14-17-20(25(22,23)24)18-15-12-10-13-16-19-21/h20-21H,2-19H2,1H3,(H,22,23,24). The topological polar surface area (TPSA) is 74.6 Å². The third-order valence-electron chi connectivity index (χ3n) is 4.99. The van der Waals surface area contributed by atoms with Gasteiger partial charge in [0, 0.05) is 6.61 Å². The van der Waals surface area contributed by atoms with Crippen molar-refractivity contribution in [1.82, 2.24) is 0 Å². The molecule has 25 heavy (non-hydrogen) atoms. The second kappa shape index (κ2) is 17.3. The molecule has 0 rings (SSSR count). The van der Waals surface area contributed by atoms with Crippen LogP contribution in [0.25, 0.3) is 0 Å². The van der Waals surface area contributed by atoms with Crippen LogP contribution >= 0.6 is 0 Å². The van der Waals surface area contributed by atoms with Crippen LogP contribution in [0.1, 0.15) is 116 Å². The zero-order chi connectivity index (χ0) is 18.8. The average molecular weight is 379 g/mol. The molecule has 0 aromatic rings. The van der Waals surface area contributed by atoms with Crippen LogP contribution in [0, 0.1) is 0 Å². The van der Waals surface area contributed by atoms with Gasteiger partial charge >= 0.3 is 0 Å². The maximum absolute atomic E-state index is 11.5. The zero-order valence-corrected chi connectivity index (χ0v) is 17.2. The van der Waals surface area contributed by atoms with Gasteiger partial charge in [0.25, 0.3) is 10.1 Å². The summed E-state index contributed by atoms with van der Waals surface area (Å²) < 4.78 is 32.4. The molecule has 0 aliphatic heterocycles. The molecule has 0 amide bonds. The lowest BCUT2D eigenvalue weighted by molar-refractivity contribution is 0.282. The van der Waals surface area contributed by atoms with E-state index < -0.39 is 15.4 Å². The lowest BCUT2D eigenvalue weighted by Gasteiger charge is -2.13. The van der Waals surface area contributed by atoms with E-state index >= 15 is 0 Å². The van der Waals surface area contributed by atoms with E-state index in [1.54, 1.807) is 0 Å². The van der Waals surface area contributed by atoms with Gasteiger partial charge in [-0.2, -0.15) is 8.42 Å². The largest absolute Gasteiger partial charge is 0.396 e. The summed E-state index contributed by atoms with van der Waals surface area (Å²) in [6.45, 7) is 2.46. The predicted octanol–water partition coefficient (Wildman–Crippen LogP) is 5.89. The van der Waals surface area contributed by atoms with Crippen LogP contribution in [0.4, 0.5) is 0 Å². The van der Waals surface area contributed by atoms with Gasteiger partial charge in [-0.1, -0.05) is 96.8 Å². The van der Waals surface area contributed by atoms with Crippen molar-refractivity contribution in [3.8, 4) is 0 Å². The molecule has 4 nitrogen and oxygen atoms in total. The summed E-state index contributed by atoms with van der Waals surface area (Å²) in [6, 6.07) is 0. The number of unbranched alkanes of at least 4 members (excludes halogenated alkanes) is 13.